The highest BCUT2D eigenvalue weighted by atomic mass is 35.5. The molecule has 0 aliphatic heterocycles. The number of carbonyl (C=O) groups excluding carboxylic acids is 1. The molecule has 2 aromatic carbocycles. The summed E-state index contributed by atoms with van der Waals surface area (Å²) in [5, 5.41) is 10.1. The first-order valence-corrected chi connectivity index (χ1v) is 11.6. The summed E-state index contributed by atoms with van der Waals surface area (Å²) in [5.41, 5.74) is 2.14. The number of benzene rings is 2. The Morgan fingerprint density at radius 3 is 2.66 bits per heavy atom. The number of hydrogen-bond donors (Lipinski definition) is 0. The largest absolute Gasteiger partial charge is 0.492 e. The van der Waals surface area contributed by atoms with Gasteiger partial charge in [0.2, 0.25) is 5.91 Å². The van der Waals surface area contributed by atoms with Crippen LogP contribution in [0.15, 0.2) is 53.7 Å². The van der Waals surface area contributed by atoms with Crippen molar-refractivity contribution < 1.29 is 14.3 Å². The molecule has 32 heavy (non-hydrogen) atoms. The minimum Gasteiger partial charge on any atom is -0.492 e. The van der Waals surface area contributed by atoms with E-state index in [0.29, 0.717) is 36.5 Å². The molecule has 0 aliphatic carbocycles. The Labute approximate surface area is 197 Å². The second-order valence-corrected chi connectivity index (χ2v) is 8.61. The average molecular weight is 475 g/mol. The molecular weight excluding hydrogens is 448 g/mol. The summed E-state index contributed by atoms with van der Waals surface area (Å²) < 4.78 is 12.9. The minimum atomic E-state index is -0.00639. The number of ether oxygens (including phenoxy) is 2. The highest BCUT2D eigenvalue weighted by Crippen LogP contribution is 2.25. The molecule has 0 saturated heterocycles. The molecule has 9 heteroatoms. The van der Waals surface area contributed by atoms with E-state index in [1.165, 1.54) is 11.8 Å². The van der Waals surface area contributed by atoms with Gasteiger partial charge in [-0.05, 0) is 37.3 Å². The number of nitrogens with zero attached hydrogens (tertiary/aromatic N) is 4. The van der Waals surface area contributed by atoms with Crippen LogP contribution in [0.5, 0.6) is 5.75 Å². The monoisotopic (exact) mass is 474 g/mol. The Morgan fingerprint density at radius 1 is 1.16 bits per heavy atom. The zero-order chi connectivity index (χ0) is 22.9. The molecule has 0 atom stereocenters. The lowest BCUT2D eigenvalue weighted by Crippen LogP contribution is -2.32. The van der Waals surface area contributed by atoms with Crippen LogP contribution in [0.3, 0.4) is 0 Å². The van der Waals surface area contributed by atoms with Gasteiger partial charge in [0.05, 0.1) is 25.4 Å². The fourth-order valence-electron chi connectivity index (χ4n) is 2.97. The van der Waals surface area contributed by atoms with Crippen molar-refractivity contribution in [2.75, 3.05) is 39.7 Å². The van der Waals surface area contributed by atoms with Crippen LogP contribution in [0.2, 0.25) is 5.02 Å². The zero-order valence-corrected chi connectivity index (χ0v) is 20.0. The van der Waals surface area contributed by atoms with Crippen LogP contribution in [0.25, 0.3) is 11.4 Å². The molecule has 0 unspecified atom stereocenters. The van der Waals surface area contributed by atoms with E-state index in [-0.39, 0.29) is 11.7 Å². The lowest BCUT2D eigenvalue weighted by atomic mass is 10.1. The maximum absolute atomic E-state index is 12.6. The summed E-state index contributed by atoms with van der Waals surface area (Å²) in [5.74, 6) is 1.74. The number of aromatic nitrogens is 3. The van der Waals surface area contributed by atoms with Crippen molar-refractivity contribution in [3.63, 3.8) is 0 Å². The first kappa shape index (κ1) is 24.1. The lowest BCUT2D eigenvalue weighted by molar-refractivity contribution is -0.127. The molecule has 1 aromatic heterocycles. The van der Waals surface area contributed by atoms with Crippen molar-refractivity contribution in [1.82, 2.24) is 19.7 Å². The Balaban J connectivity index is 1.57. The SMILES string of the molecule is COCCn1c(SCC(=O)N(C)CCOc2ccc(Cl)cc2)nnc1-c1cccc(C)c1. The molecule has 0 fully saturated rings. The van der Waals surface area contributed by atoms with E-state index in [4.69, 9.17) is 21.1 Å². The lowest BCUT2D eigenvalue weighted by Gasteiger charge is -2.17. The summed E-state index contributed by atoms with van der Waals surface area (Å²) in [6, 6.07) is 15.3. The predicted octanol–water partition coefficient (Wildman–Crippen LogP) is 4.18. The molecule has 1 heterocycles. The van der Waals surface area contributed by atoms with E-state index in [1.807, 2.05) is 29.7 Å². The fourth-order valence-corrected chi connectivity index (χ4v) is 4.00. The van der Waals surface area contributed by atoms with Crippen LogP contribution in [0.1, 0.15) is 5.56 Å². The molecule has 7 nitrogen and oxygen atoms in total. The van der Waals surface area contributed by atoms with Gasteiger partial charge in [-0.2, -0.15) is 0 Å². The third-order valence-corrected chi connectivity index (χ3v) is 5.98. The molecule has 1 amide bonds. The third kappa shape index (κ3) is 6.72. The van der Waals surface area contributed by atoms with Gasteiger partial charge in [-0.1, -0.05) is 47.1 Å². The van der Waals surface area contributed by atoms with Gasteiger partial charge < -0.3 is 14.4 Å². The number of rotatable bonds is 11. The normalized spacial score (nSPS) is 10.9. The molecule has 0 spiro atoms. The number of amides is 1. The van der Waals surface area contributed by atoms with Gasteiger partial charge in [0.25, 0.3) is 0 Å². The molecule has 170 valence electrons. The topological polar surface area (TPSA) is 69.5 Å². The number of carbonyl (C=O) groups is 1. The quantitative estimate of drug-likeness (QED) is 0.388. The molecule has 0 aliphatic rings. The van der Waals surface area contributed by atoms with E-state index in [2.05, 4.69) is 16.3 Å². The van der Waals surface area contributed by atoms with Crippen LogP contribution in [0, 0.1) is 6.92 Å². The number of methoxy groups -OCH3 is 1. The summed E-state index contributed by atoms with van der Waals surface area (Å²) in [6.45, 7) is 4.05. The van der Waals surface area contributed by atoms with Gasteiger partial charge in [-0.25, -0.2) is 0 Å². The van der Waals surface area contributed by atoms with Crippen molar-refractivity contribution in [1.29, 1.82) is 0 Å². The van der Waals surface area contributed by atoms with Gasteiger partial charge >= 0.3 is 0 Å². The number of halogens is 1. The molecule has 3 aromatic rings. The second-order valence-electron chi connectivity index (χ2n) is 7.23. The van der Waals surface area contributed by atoms with Crippen LogP contribution in [-0.4, -0.2) is 65.2 Å². The molecular formula is C23H27ClN4O3S. The highest BCUT2D eigenvalue weighted by Gasteiger charge is 2.17. The maximum atomic E-state index is 12.6. The second kappa shape index (κ2) is 11.9. The molecule has 0 saturated carbocycles. The molecule has 0 radical (unpaired) electrons. The summed E-state index contributed by atoms with van der Waals surface area (Å²) in [7, 11) is 3.43. The van der Waals surface area contributed by atoms with Crippen molar-refractivity contribution in [3.8, 4) is 17.1 Å². The maximum Gasteiger partial charge on any atom is 0.232 e. The van der Waals surface area contributed by atoms with E-state index in [9.17, 15) is 4.79 Å². The number of aryl methyl sites for hydroxylation is 1. The summed E-state index contributed by atoms with van der Waals surface area (Å²) in [6.07, 6.45) is 0. The predicted molar refractivity (Wildman–Crippen MR) is 127 cm³/mol. The smallest absolute Gasteiger partial charge is 0.232 e. The van der Waals surface area contributed by atoms with Crippen molar-refractivity contribution >= 4 is 29.3 Å². The first-order chi connectivity index (χ1) is 15.5. The van der Waals surface area contributed by atoms with Crippen LogP contribution < -0.4 is 4.74 Å². The first-order valence-electron chi connectivity index (χ1n) is 10.2. The summed E-state index contributed by atoms with van der Waals surface area (Å²) >= 11 is 7.25. The minimum absolute atomic E-state index is 0.00639. The van der Waals surface area contributed by atoms with Crippen molar-refractivity contribution in [2.45, 2.75) is 18.6 Å². The van der Waals surface area contributed by atoms with Gasteiger partial charge in [0, 0.05) is 24.7 Å². The standard InChI is InChI=1S/C23H27ClN4O3S/c1-17-5-4-6-18(15-17)22-25-26-23(28(22)12-13-30-3)32-16-21(29)27(2)11-14-31-20-9-7-19(24)8-10-20/h4-10,15H,11-14,16H2,1-3H3. The number of hydrogen-bond acceptors (Lipinski definition) is 6. The van der Waals surface area contributed by atoms with Gasteiger partial charge in [-0.3, -0.25) is 9.36 Å². The van der Waals surface area contributed by atoms with Crippen LogP contribution >= 0.6 is 23.4 Å². The fraction of sp³-hybridized carbons (Fsp3) is 0.348. The van der Waals surface area contributed by atoms with Crippen molar-refractivity contribution in [2.24, 2.45) is 0 Å². The van der Waals surface area contributed by atoms with Crippen LogP contribution in [0.4, 0.5) is 0 Å². The number of likely N-dealkylation sites (N-methyl/N-ethyl adjacent to an activating group) is 1. The molecule has 0 N–H and O–H groups in total. The van der Waals surface area contributed by atoms with E-state index in [0.717, 1.165) is 22.7 Å². The number of thioether (sulfide) groups is 1. The Kier molecular flexibility index (Phi) is 8.96. The Hall–Kier alpha value is -2.55. The van der Waals surface area contributed by atoms with Crippen molar-refractivity contribution in [3.05, 3.63) is 59.1 Å². The van der Waals surface area contributed by atoms with E-state index >= 15 is 0 Å². The van der Waals surface area contributed by atoms with E-state index < -0.39 is 0 Å². The van der Waals surface area contributed by atoms with Gasteiger partial charge in [0.15, 0.2) is 11.0 Å². The summed E-state index contributed by atoms with van der Waals surface area (Å²) in [4.78, 5) is 14.3. The third-order valence-electron chi connectivity index (χ3n) is 4.77. The van der Waals surface area contributed by atoms with Gasteiger partial charge in [0.1, 0.15) is 12.4 Å². The molecule has 0 bridgehead atoms. The highest BCUT2D eigenvalue weighted by molar-refractivity contribution is 7.99. The Morgan fingerprint density at radius 2 is 1.94 bits per heavy atom. The molecule has 3 rings (SSSR count). The van der Waals surface area contributed by atoms with E-state index in [1.54, 1.807) is 43.3 Å². The zero-order valence-electron chi connectivity index (χ0n) is 18.5. The van der Waals surface area contributed by atoms with Crippen LogP contribution in [-0.2, 0) is 16.1 Å². The average Bonchev–Trinajstić information content (AvgIpc) is 3.20. The Bertz CT molecular complexity index is 1030. The van der Waals surface area contributed by atoms with Gasteiger partial charge in [-0.15, -0.1) is 10.2 Å².